The fraction of sp³-hybridized carbons (Fsp3) is 0.913. The molecule has 0 fully saturated rings. The molecule has 3 nitrogen and oxygen atoms in total. The molecule has 4 heteroatoms. The molecule has 4 N–H and O–H groups in total. The molecule has 0 amide bonds. The number of unbranched alkanes of at least 4 members (excludes halogenated alkanes) is 12. The van der Waals surface area contributed by atoms with Crippen LogP contribution in [0.2, 0.25) is 0 Å². The van der Waals surface area contributed by atoms with Crippen molar-refractivity contribution in [2.45, 2.75) is 116 Å². The molecule has 0 rings (SSSR count). The largest absolute Gasteiger partial charge is 0.396 e. The Balaban J connectivity index is 0. The lowest BCUT2D eigenvalue weighted by Crippen LogP contribution is -2.22. The minimum absolute atomic E-state index is 0.0370. The van der Waals surface area contributed by atoms with Crippen LogP contribution in [0, 0.1) is 0 Å². The van der Waals surface area contributed by atoms with Crippen LogP contribution in [0.4, 0.5) is 0 Å². The predicted octanol–water partition coefficient (Wildman–Crippen LogP) is 6.34. The summed E-state index contributed by atoms with van der Waals surface area (Å²) < 4.78 is 0. The summed E-state index contributed by atoms with van der Waals surface area (Å²) in [5, 5.41) is 16.6. The molecular formula is C23H48ClNO2. The van der Waals surface area contributed by atoms with E-state index in [1.807, 2.05) is 0 Å². The molecule has 0 bridgehead atoms. The lowest BCUT2D eigenvalue weighted by molar-refractivity contribution is 0.242. The van der Waals surface area contributed by atoms with Gasteiger partial charge < -0.3 is 15.9 Å². The summed E-state index contributed by atoms with van der Waals surface area (Å²) in [4.78, 5) is 0. The molecule has 0 aliphatic carbocycles. The second-order valence-electron chi connectivity index (χ2n) is 7.41. The van der Waals surface area contributed by atoms with E-state index in [9.17, 15) is 0 Å². The maximum atomic E-state index is 8.30. The Kier molecular flexibility index (Phi) is 30.3. The third-order valence-electron chi connectivity index (χ3n) is 4.65. The normalized spacial score (nSPS) is 11.2. The molecule has 164 valence electrons. The Morgan fingerprint density at radius 1 is 0.704 bits per heavy atom. The summed E-state index contributed by atoms with van der Waals surface area (Å²) >= 11 is 5.65. The van der Waals surface area contributed by atoms with Crippen LogP contribution in [-0.2, 0) is 0 Å². The van der Waals surface area contributed by atoms with Crippen molar-refractivity contribution in [2.75, 3.05) is 19.1 Å². The van der Waals surface area contributed by atoms with Gasteiger partial charge in [0, 0.05) is 25.1 Å². The summed E-state index contributed by atoms with van der Waals surface area (Å²) in [5.74, 6) is 0.835. The second kappa shape index (κ2) is 28.1. The lowest BCUT2D eigenvalue weighted by Gasteiger charge is -2.05. The molecule has 0 saturated carbocycles. The average Bonchev–Trinajstić information content (AvgIpc) is 2.66. The Labute approximate surface area is 174 Å². The van der Waals surface area contributed by atoms with E-state index in [4.69, 9.17) is 27.5 Å². The van der Waals surface area contributed by atoms with Gasteiger partial charge in [0.2, 0.25) is 0 Å². The summed E-state index contributed by atoms with van der Waals surface area (Å²) in [6.07, 6.45) is 25.0. The molecule has 0 aromatic carbocycles. The summed E-state index contributed by atoms with van der Waals surface area (Å²) in [6.45, 7) is 2.50. The summed E-state index contributed by atoms with van der Waals surface area (Å²) in [7, 11) is 0. The first-order valence-corrected chi connectivity index (χ1v) is 11.9. The third-order valence-corrected chi connectivity index (χ3v) is 4.91. The monoisotopic (exact) mass is 405 g/mol. The number of allylic oxidation sites excluding steroid dienone is 2. The first-order valence-electron chi connectivity index (χ1n) is 11.4. The molecule has 27 heavy (non-hydrogen) atoms. The minimum Gasteiger partial charge on any atom is -0.396 e. The fourth-order valence-corrected chi connectivity index (χ4v) is 3.01. The van der Waals surface area contributed by atoms with Crippen LogP contribution in [0.1, 0.15) is 110 Å². The van der Waals surface area contributed by atoms with Crippen molar-refractivity contribution in [3.63, 3.8) is 0 Å². The standard InChI is InChI=1S/C18H35Cl.C5H13NO2/c1-2-3-4-5-6-7-8-9-10-11-12-13-14-15-16-17-18-19;6-5(1-3-7)2-4-8/h9-10H,2-8,11-18H2,1H3;5,7-8H,1-4,6H2/b10-9-;. The number of alkyl halides is 1. The summed E-state index contributed by atoms with van der Waals surface area (Å²) in [6, 6.07) is -0.0370. The van der Waals surface area contributed by atoms with Gasteiger partial charge in [-0.05, 0) is 44.9 Å². The van der Waals surface area contributed by atoms with E-state index in [1.165, 1.54) is 89.9 Å². The maximum Gasteiger partial charge on any atom is 0.0445 e. The first kappa shape index (κ1) is 29.1. The quantitative estimate of drug-likeness (QED) is 0.133. The van der Waals surface area contributed by atoms with Crippen molar-refractivity contribution >= 4 is 11.6 Å². The number of hydrogen-bond donors (Lipinski definition) is 3. The number of nitrogens with two attached hydrogens (primary N) is 1. The van der Waals surface area contributed by atoms with Crippen molar-refractivity contribution in [1.82, 2.24) is 0 Å². The molecule has 0 heterocycles. The van der Waals surface area contributed by atoms with Gasteiger partial charge in [0.25, 0.3) is 0 Å². The van der Waals surface area contributed by atoms with Gasteiger partial charge in [-0.15, -0.1) is 11.6 Å². The highest BCUT2D eigenvalue weighted by Gasteiger charge is 1.97. The van der Waals surface area contributed by atoms with Crippen LogP contribution in [0.3, 0.4) is 0 Å². The molecule has 0 saturated heterocycles. The molecule has 0 aromatic heterocycles. The van der Waals surface area contributed by atoms with E-state index < -0.39 is 0 Å². The molecule has 0 aromatic rings. The molecule has 0 aliphatic rings. The highest BCUT2D eigenvalue weighted by molar-refractivity contribution is 6.17. The average molecular weight is 406 g/mol. The predicted molar refractivity (Wildman–Crippen MR) is 122 cm³/mol. The van der Waals surface area contributed by atoms with Crippen LogP contribution in [-0.4, -0.2) is 35.3 Å². The molecule has 0 unspecified atom stereocenters. The van der Waals surface area contributed by atoms with Crippen LogP contribution in [0.5, 0.6) is 0 Å². The van der Waals surface area contributed by atoms with Gasteiger partial charge in [-0.2, -0.15) is 0 Å². The number of aliphatic hydroxyl groups is 2. The smallest absolute Gasteiger partial charge is 0.0445 e. The van der Waals surface area contributed by atoms with E-state index >= 15 is 0 Å². The Hall–Kier alpha value is -0.0900. The van der Waals surface area contributed by atoms with Crippen LogP contribution >= 0.6 is 11.6 Å². The molecule has 0 aliphatic heterocycles. The van der Waals surface area contributed by atoms with Gasteiger partial charge in [-0.1, -0.05) is 76.9 Å². The molecular weight excluding hydrogens is 358 g/mol. The zero-order chi connectivity index (χ0) is 20.4. The number of aliphatic hydroxyl groups excluding tert-OH is 2. The Bertz CT molecular complexity index is 269. The highest BCUT2D eigenvalue weighted by Crippen LogP contribution is 2.10. The lowest BCUT2D eigenvalue weighted by atomic mass is 10.1. The van der Waals surface area contributed by atoms with Crippen LogP contribution < -0.4 is 5.73 Å². The van der Waals surface area contributed by atoms with Gasteiger partial charge in [-0.3, -0.25) is 0 Å². The van der Waals surface area contributed by atoms with Crippen molar-refractivity contribution in [2.24, 2.45) is 5.73 Å². The van der Waals surface area contributed by atoms with E-state index in [0.29, 0.717) is 12.8 Å². The van der Waals surface area contributed by atoms with Gasteiger partial charge >= 0.3 is 0 Å². The van der Waals surface area contributed by atoms with Gasteiger partial charge in [0.15, 0.2) is 0 Å². The van der Waals surface area contributed by atoms with Gasteiger partial charge in [0.05, 0.1) is 0 Å². The van der Waals surface area contributed by atoms with E-state index in [0.717, 1.165) is 5.88 Å². The van der Waals surface area contributed by atoms with Gasteiger partial charge in [0.1, 0.15) is 0 Å². The summed E-state index contributed by atoms with van der Waals surface area (Å²) in [5.41, 5.74) is 5.37. The van der Waals surface area contributed by atoms with Crippen molar-refractivity contribution in [3.05, 3.63) is 12.2 Å². The topological polar surface area (TPSA) is 66.5 Å². The third kappa shape index (κ3) is 30.9. The molecule has 0 atom stereocenters. The van der Waals surface area contributed by atoms with Gasteiger partial charge in [-0.25, -0.2) is 0 Å². The maximum absolute atomic E-state index is 8.30. The van der Waals surface area contributed by atoms with E-state index in [1.54, 1.807) is 0 Å². The van der Waals surface area contributed by atoms with Crippen LogP contribution in [0.15, 0.2) is 12.2 Å². The zero-order valence-electron chi connectivity index (χ0n) is 18.0. The van der Waals surface area contributed by atoms with E-state index in [2.05, 4.69) is 19.1 Å². The number of hydrogen-bond acceptors (Lipinski definition) is 3. The van der Waals surface area contributed by atoms with Crippen molar-refractivity contribution in [3.8, 4) is 0 Å². The fourth-order valence-electron chi connectivity index (χ4n) is 2.82. The SMILES string of the molecule is CCCCCCCC/C=C\CCCCCCCCCl.NC(CCO)CCO. The van der Waals surface area contributed by atoms with Crippen LogP contribution in [0.25, 0.3) is 0 Å². The Morgan fingerprint density at radius 2 is 1.11 bits per heavy atom. The van der Waals surface area contributed by atoms with Crippen molar-refractivity contribution < 1.29 is 10.2 Å². The Morgan fingerprint density at radius 3 is 1.52 bits per heavy atom. The van der Waals surface area contributed by atoms with Crippen molar-refractivity contribution in [1.29, 1.82) is 0 Å². The minimum atomic E-state index is -0.0370. The molecule has 0 radical (unpaired) electrons. The first-order chi connectivity index (χ1) is 13.2. The van der Waals surface area contributed by atoms with E-state index in [-0.39, 0.29) is 19.3 Å². The number of rotatable bonds is 19. The molecule has 0 spiro atoms. The highest BCUT2D eigenvalue weighted by atomic mass is 35.5. The zero-order valence-corrected chi connectivity index (χ0v) is 18.8. The number of halogens is 1. The second-order valence-corrected chi connectivity index (χ2v) is 7.79.